The van der Waals surface area contributed by atoms with Gasteiger partial charge in [-0.2, -0.15) is 0 Å². The molecule has 2 aliphatic heterocycles. The van der Waals surface area contributed by atoms with Crippen molar-refractivity contribution in [3.63, 3.8) is 0 Å². The molecule has 0 spiro atoms. The van der Waals surface area contributed by atoms with Gasteiger partial charge in [-0.25, -0.2) is 4.39 Å². The molecule has 0 bridgehead atoms. The molecule has 1 amide bonds. The van der Waals surface area contributed by atoms with Crippen LogP contribution in [0, 0.1) is 12.7 Å². The Kier molecular flexibility index (Phi) is 6.59. The summed E-state index contributed by atoms with van der Waals surface area (Å²) in [5, 5.41) is 0. The first-order valence-corrected chi connectivity index (χ1v) is 10.5. The number of rotatable bonds is 6. The molecule has 0 unspecified atom stereocenters. The molecule has 0 N–H and O–H groups in total. The number of hydrogen-bond donors (Lipinski definition) is 0. The zero-order chi connectivity index (χ0) is 20.9. The minimum atomic E-state index is -0.294. The highest BCUT2D eigenvalue weighted by Crippen LogP contribution is 2.22. The van der Waals surface area contributed by atoms with Gasteiger partial charge in [0.05, 0.1) is 12.2 Å². The SMILES string of the molecule is Cc1cccc(CN2CCC(N3C[C@@H](COc4ccc(F)cc4)OCC3=O)CC2)n1. The summed E-state index contributed by atoms with van der Waals surface area (Å²) in [6.07, 6.45) is 1.72. The van der Waals surface area contributed by atoms with E-state index < -0.39 is 0 Å². The van der Waals surface area contributed by atoms with Gasteiger partial charge in [-0.05, 0) is 56.2 Å². The summed E-state index contributed by atoms with van der Waals surface area (Å²) in [5.74, 6) is 0.353. The van der Waals surface area contributed by atoms with E-state index in [1.165, 1.54) is 12.1 Å². The van der Waals surface area contributed by atoms with Gasteiger partial charge in [0.2, 0.25) is 5.91 Å². The number of aromatic nitrogens is 1. The number of halogens is 1. The van der Waals surface area contributed by atoms with E-state index in [0.29, 0.717) is 18.9 Å². The van der Waals surface area contributed by atoms with Crippen LogP contribution >= 0.6 is 0 Å². The molecule has 4 rings (SSSR count). The lowest BCUT2D eigenvalue weighted by atomic mass is 10.0. The minimum absolute atomic E-state index is 0.0480. The molecular weight excluding hydrogens is 385 g/mol. The number of amides is 1. The number of carbonyl (C=O) groups is 1. The van der Waals surface area contributed by atoms with Gasteiger partial charge < -0.3 is 14.4 Å². The Hall–Kier alpha value is -2.51. The second-order valence-electron chi connectivity index (χ2n) is 8.02. The third-order valence-electron chi connectivity index (χ3n) is 5.74. The monoisotopic (exact) mass is 413 g/mol. The lowest BCUT2D eigenvalue weighted by Crippen LogP contribution is -2.55. The summed E-state index contributed by atoms with van der Waals surface area (Å²) in [6.45, 7) is 5.71. The summed E-state index contributed by atoms with van der Waals surface area (Å²) >= 11 is 0. The number of piperidine rings is 1. The van der Waals surface area contributed by atoms with Crippen molar-refractivity contribution in [2.75, 3.05) is 32.8 Å². The molecule has 2 aliphatic rings. The number of pyridine rings is 1. The Labute approximate surface area is 176 Å². The maximum absolute atomic E-state index is 13.0. The van der Waals surface area contributed by atoms with Crippen LogP contribution in [0.1, 0.15) is 24.2 Å². The van der Waals surface area contributed by atoms with Gasteiger partial charge in [0.1, 0.15) is 30.9 Å². The summed E-state index contributed by atoms with van der Waals surface area (Å²) < 4.78 is 24.4. The zero-order valence-corrected chi connectivity index (χ0v) is 17.3. The number of morpholine rings is 1. The van der Waals surface area contributed by atoms with E-state index in [1.807, 2.05) is 24.0 Å². The lowest BCUT2D eigenvalue weighted by molar-refractivity contribution is -0.155. The highest BCUT2D eigenvalue weighted by molar-refractivity contribution is 5.78. The predicted molar refractivity (Wildman–Crippen MR) is 111 cm³/mol. The normalized spacial score (nSPS) is 21.1. The largest absolute Gasteiger partial charge is 0.491 e. The number of hydrogen-bond acceptors (Lipinski definition) is 5. The molecule has 30 heavy (non-hydrogen) atoms. The number of ether oxygens (including phenoxy) is 2. The van der Waals surface area contributed by atoms with Gasteiger partial charge >= 0.3 is 0 Å². The minimum Gasteiger partial charge on any atom is -0.491 e. The van der Waals surface area contributed by atoms with Crippen LogP contribution in [-0.2, 0) is 16.1 Å². The Morgan fingerprint density at radius 1 is 1.17 bits per heavy atom. The van der Waals surface area contributed by atoms with Gasteiger partial charge in [0.25, 0.3) is 0 Å². The molecule has 0 aliphatic carbocycles. The van der Waals surface area contributed by atoms with Crippen LogP contribution in [-0.4, -0.2) is 65.7 Å². The van der Waals surface area contributed by atoms with E-state index in [0.717, 1.165) is 43.9 Å². The maximum atomic E-state index is 13.0. The second kappa shape index (κ2) is 9.53. The molecule has 1 aromatic carbocycles. The molecule has 0 saturated carbocycles. The molecule has 0 radical (unpaired) electrons. The van der Waals surface area contributed by atoms with E-state index in [4.69, 9.17) is 9.47 Å². The first-order valence-electron chi connectivity index (χ1n) is 10.5. The van der Waals surface area contributed by atoms with Gasteiger partial charge in [0, 0.05) is 31.4 Å². The molecular formula is C23H28FN3O3. The third-order valence-corrected chi connectivity index (χ3v) is 5.74. The molecule has 2 fully saturated rings. The van der Waals surface area contributed by atoms with Crippen molar-refractivity contribution >= 4 is 5.91 Å². The molecule has 3 heterocycles. The Balaban J connectivity index is 1.27. The van der Waals surface area contributed by atoms with E-state index >= 15 is 0 Å². The first-order chi connectivity index (χ1) is 14.6. The number of benzene rings is 1. The Bertz CT molecular complexity index is 853. The Morgan fingerprint density at radius 3 is 2.67 bits per heavy atom. The fourth-order valence-electron chi connectivity index (χ4n) is 4.13. The van der Waals surface area contributed by atoms with Crippen molar-refractivity contribution in [2.24, 2.45) is 0 Å². The van der Waals surface area contributed by atoms with Crippen molar-refractivity contribution in [2.45, 2.75) is 38.5 Å². The van der Waals surface area contributed by atoms with Crippen LogP contribution in [0.2, 0.25) is 0 Å². The summed E-state index contributed by atoms with van der Waals surface area (Å²) in [7, 11) is 0. The lowest BCUT2D eigenvalue weighted by Gasteiger charge is -2.42. The van der Waals surface area contributed by atoms with Crippen LogP contribution in [0.25, 0.3) is 0 Å². The van der Waals surface area contributed by atoms with Crippen molar-refractivity contribution in [1.82, 2.24) is 14.8 Å². The molecule has 1 aromatic heterocycles. The van der Waals surface area contributed by atoms with Crippen molar-refractivity contribution < 1.29 is 18.7 Å². The first kappa shape index (κ1) is 20.8. The van der Waals surface area contributed by atoms with E-state index in [-0.39, 0.29) is 30.5 Å². The standard InChI is InChI=1S/C23H28FN3O3/c1-17-3-2-4-19(25-17)13-26-11-9-20(10-12-26)27-14-22(30-16-23(27)28)15-29-21-7-5-18(24)6-8-21/h2-8,20,22H,9-16H2,1H3/t22-/m0/s1. The zero-order valence-electron chi connectivity index (χ0n) is 17.3. The Morgan fingerprint density at radius 2 is 1.93 bits per heavy atom. The third kappa shape index (κ3) is 5.34. The second-order valence-corrected chi connectivity index (χ2v) is 8.02. The molecule has 7 heteroatoms. The number of carbonyl (C=O) groups excluding carboxylic acids is 1. The molecule has 160 valence electrons. The van der Waals surface area contributed by atoms with Crippen LogP contribution in [0.5, 0.6) is 5.75 Å². The van der Waals surface area contributed by atoms with Crippen molar-refractivity contribution in [3.05, 3.63) is 59.7 Å². The smallest absolute Gasteiger partial charge is 0.248 e. The number of nitrogens with zero attached hydrogens (tertiary/aromatic N) is 3. The average Bonchev–Trinajstić information content (AvgIpc) is 2.75. The molecule has 2 saturated heterocycles. The van der Waals surface area contributed by atoms with Crippen LogP contribution in [0.3, 0.4) is 0 Å². The molecule has 2 aromatic rings. The fourth-order valence-corrected chi connectivity index (χ4v) is 4.13. The maximum Gasteiger partial charge on any atom is 0.248 e. The number of likely N-dealkylation sites (tertiary alicyclic amines) is 1. The van der Waals surface area contributed by atoms with E-state index in [2.05, 4.69) is 16.0 Å². The van der Waals surface area contributed by atoms with Gasteiger partial charge in [0.15, 0.2) is 0 Å². The molecule has 1 atom stereocenters. The highest BCUT2D eigenvalue weighted by Gasteiger charge is 2.33. The van der Waals surface area contributed by atoms with Gasteiger partial charge in [-0.3, -0.25) is 14.7 Å². The quantitative estimate of drug-likeness (QED) is 0.729. The summed E-state index contributed by atoms with van der Waals surface area (Å²) in [6, 6.07) is 12.3. The summed E-state index contributed by atoms with van der Waals surface area (Å²) in [5.41, 5.74) is 2.13. The van der Waals surface area contributed by atoms with Crippen molar-refractivity contribution in [1.29, 1.82) is 0 Å². The van der Waals surface area contributed by atoms with Gasteiger partial charge in [-0.15, -0.1) is 0 Å². The topological polar surface area (TPSA) is 54.9 Å². The average molecular weight is 413 g/mol. The van der Waals surface area contributed by atoms with Crippen LogP contribution < -0.4 is 4.74 Å². The van der Waals surface area contributed by atoms with Gasteiger partial charge in [-0.1, -0.05) is 6.07 Å². The predicted octanol–water partition coefficient (Wildman–Crippen LogP) is 2.80. The van der Waals surface area contributed by atoms with Crippen molar-refractivity contribution in [3.8, 4) is 5.75 Å². The summed E-state index contributed by atoms with van der Waals surface area (Å²) in [4.78, 5) is 21.4. The van der Waals surface area contributed by atoms with E-state index in [1.54, 1.807) is 12.1 Å². The fraction of sp³-hybridized carbons (Fsp3) is 0.478. The number of aryl methyl sites for hydroxylation is 1. The highest BCUT2D eigenvalue weighted by atomic mass is 19.1. The molecule has 6 nitrogen and oxygen atoms in total. The van der Waals surface area contributed by atoms with E-state index in [9.17, 15) is 9.18 Å². The van der Waals surface area contributed by atoms with Crippen LogP contribution in [0.15, 0.2) is 42.5 Å². The van der Waals surface area contributed by atoms with Crippen LogP contribution in [0.4, 0.5) is 4.39 Å².